The highest BCUT2D eigenvalue weighted by molar-refractivity contribution is 5.73. The zero-order valence-corrected chi connectivity index (χ0v) is 8.70. The lowest BCUT2D eigenvalue weighted by molar-refractivity contribution is -0.155. The predicted octanol–water partition coefficient (Wildman–Crippen LogP) is 2.38. The molecule has 2 fully saturated rings. The van der Waals surface area contributed by atoms with Gasteiger partial charge in [0.05, 0.1) is 5.92 Å². The molecule has 0 aromatic carbocycles. The van der Waals surface area contributed by atoms with Crippen LogP contribution in [0.1, 0.15) is 26.7 Å². The first kappa shape index (κ1) is 9.94. The van der Waals surface area contributed by atoms with Gasteiger partial charge >= 0.3 is 5.97 Å². The second-order valence-electron chi connectivity index (χ2n) is 4.79. The average Bonchev–Trinajstić information content (AvgIpc) is 2.68. The van der Waals surface area contributed by atoms with Gasteiger partial charge in [-0.1, -0.05) is 13.8 Å². The minimum Gasteiger partial charge on any atom is -0.433 e. The van der Waals surface area contributed by atoms with Crippen molar-refractivity contribution in [3.63, 3.8) is 0 Å². The molecule has 2 aliphatic rings. The molecule has 0 saturated heterocycles. The van der Waals surface area contributed by atoms with Gasteiger partial charge in [-0.05, 0) is 36.5 Å². The van der Waals surface area contributed by atoms with E-state index >= 15 is 0 Å². The Morgan fingerprint density at radius 1 is 1.36 bits per heavy atom. The monoisotopic (exact) mass is 200 g/mol. The fraction of sp³-hybridized carbons (Fsp3) is 0.909. The van der Waals surface area contributed by atoms with Gasteiger partial charge in [0.25, 0.3) is 0 Å². The topological polar surface area (TPSA) is 26.3 Å². The van der Waals surface area contributed by atoms with Crippen LogP contribution in [0.2, 0.25) is 0 Å². The number of fused-ring (bicyclic) bond motifs is 2. The maximum absolute atomic E-state index is 11.9. The number of rotatable bonds is 2. The molecule has 2 nitrogen and oxygen atoms in total. The van der Waals surface area contributed by atoms with Gasteiger partial charge in [0.1, 0.15) is 0 Å². The van der Waals surface area contributed by atoms with E-state index in [9.17, 15) is 9.18 Å². The SMILES string of the molecule is CC1C2CC(C(=O)OCF)C(C2)C1C. The molecule has 0 aromatic heterocycles. The first-order chi connectivity index (χ1) is 6.65. The molecule has 3 heteroatoms. The third-order valence-electron chi connectivity index (χ3n) is 4.40. The summed E-state index contributed by atoms with van der Waals surface area (Å²) < 4.78 is 16.3. The molecule has 0 radical (unpaired) electrons. The molecule has 0 aliphatic heterocycles. The van der Waals surface area contributed by atoms with Crippen molar-refractivity contribution in [1.29, 1.82) is 0 Å². The summed E-state index contributed by atoms with van der Waals surface area (Å²) in [5.41, 5.74) is 0. The van der Waals surface area contributed by atoms with Crippen LogP contribution < -0.4 is 0 Å². The summed E-state index contributed by atoms with van der Waals surface area (Å²) in [7, 11) is 0. The minimum absolute atomic E-state index is 0.0260. The highest BCUT2D eigenvalue weighted by atomic mass is 19.1. The number of halogens is 1. The molecular weight excluding hydrogens is 183 g/mol. The molecule has 14 heavy (non-hydrogen) atoms. The maximum atomic E-state index is 11.9. The Kier molecular flexibility index (Phi) is 2.50. The smallest absolute Gasteiger partial charge is 0.311 e. The lowest BCUT2D eigenvalue weighted by atomic mass is 9.76. The van der Waals surface area contributed by atoms with Crippen LogP contribution in [0.3, 0.4) is 0 Å². The Morgan fingerprint density at radius 2 is 2.07 bits per heavy atom. The van der Waals surface area contributed by atoms with Crippen LogP contribution in [-0.2, 0) is 9.53 Å². The molecule has 0 spiro atoms. The van der Waals surface area contributed by atoms with Gasteiger partial charge in [-0.25, -0.2) is 4.39 Å². The highest BCUT2D eigenvalue weighted by Crippen LogP contribution is 2.55. The van der Waals surface area contributed by atoms with Crippen LogP contribution in [0.25, 0.3) is 0 Å². The molecule has 5 unspecified atom stereocenters. The van der Waals surface area contributed by atoms with E-state index in [0.29, 0.717) is 17.8 Å². The molecule has 0 N–H and O–H groups in total. The van der Waals surface area contributed by atoms with E-state index in [1.54, 1.807) is 0 Å². The van der Waals surface area contributed by atoms with E-state index in [1.807, 2.05) is 0 Å². The van der Waals surface area contributed by atoms with Crippen molar-refractivity contribution in [2.45, 2.75) is 26.7 Å². The number of esters is 1. The van der Waals surface area contributed by atoms with Gasteiger partial charge in [0.15, 0.2) is 0 Å². The number of carbonyl (C=O) groups is 1. The molecule has 2 saturated carbocycles. The standard InChI is InChI=1S/C11H17FO2/c1-6-7(2)9-3-8(6)4-10(9)11(13)14-5-12/h6-10H,3-5H2,1-2H3. The third-order valence-corrected chi connectivity index (χ3v) is 4.40. The summed E-state index contributed by atoms with van der Waals surface area (Å²) in [4.78, 5) is 11.4. The Morgan fingerprint density at radius 3 is 2.57 bits per heavy atom. The third kappa shape index (κ3) is 1.33. The highest BCUT2D eigenvalue weighted by Gasteiger charge is 2.51. The Labute approximate surface area is 83.8 Å². The van der Waals surface area contributed by atoms with Gasteiger partial charge in [-0.3, -0.25) is 4.79 Å². The number of ether oxygens (including phenoxy) is 1. The number of hydrogen-bond acceptors (Lipinski definition) is 2. The fourth-order valence-electron chi connectivity index (χ4n) is 3.37. The predicted molar refractivity (Wildman–Crippen MR) is 50.1 cm³/mol. The van der Waals surface area contributed by atoms with Crippen molar-refractivity contribution in [2.75, 3.05) is 6.86 Å². The van der Waals surface area contributed by atoms with E-state index in [1.165, 1.54) is 0 Å². The van der Waals surface area contributed by atoms with Gasteiger partial charge < -0.3 is 4.74 Å². The van der Waals surface area contributed by atoms with Gasteiger partial charge in [0, 0.05) is 0 Å². The molecule has 2 aliphatic carbocycles. The van der Waals surface area contributed by atoms with Crippen LogP contribution in [-0.4, -0.2) is 12.8 Å². The summed E-state index contributed by atoms with van der Waals surface area (Å²) >= 11 is 0. The van der Waals surface area contributed by atoms with Crippen molar-refractivity contribution >= 4 is 5.97 Å². The maximum Gasteiger partial charge on any atom is 0.311 e. The fourth-order valence-corrected chi connectivity index (χ4v) is 3.37. The van der Waals surface area contributed by atoms with Crippen molar-refractivity contribution in [3.05, 3.63) is 0 Å². The van der Waals surface area contributed by atoms with Crippen molar-refractivity contribution in [3.8, 4) is 0 Å². The molecular formula is C11H17FO2. The molecule has 5 atom stereocenters. The summed E-state index contributed by atoms with van der Waals surface area (Å²) in [6.07, 6.45) is 2.05. The summed E-state index contributed by atoms with van der Waals surface area (Å²) in [6.45, 7) is 3.48. The zero-order valence-electron chi connectivity index (χ0n) is 8.70. The molecule has 0 heterocycles. The Bertz CT molecular complexity index is 239. The Balaban J connectivity index is 2.02. The summed E-state index contributed by atoms with van der Waals surface area (Å²) in [5, 5.41) is 0. The molecule has 0 aromatic rings. The van der Waals surface area contributed by atoms with Crippen LogP contribution in [0.4, 0.5) is 4.39 Å². The lowest BCUT2D eigenvalue weighted by Gasteiger charge is -2.29. The average molecular weight is 200 g/mol. The zero-order chi connectivity index (χ0) is 10.3. The second-order valence-corrected chi connectivity index (χ2v) is 4.79. The number of hydrogen-bond donors (Lipinski definition) is 0. The summed E-state index contributed by atoms with van der Waals surface area (Å²) in [6, 6.07) is 0. The minimum atomic E-state index is -0.976. The second kappa shape index (κ2) is 3.52. The first-order valence-corrected chi connectivity index (χ1v) is 5.37. The van der Waals surface area contributed by atoms with Crippen molar-refractivity contribution < 1.29 is 13.9 Å². The van der Waals surface area contributed by atoms with E-state index in [-0.39, 0.29) is 11.9 Å². The van der Waals surface area contributed by atoms with E-state index in [2.05, 4.69) is 18.6 Å². The largest absolute Gasteiger partial charge is 0.433 e. The van der Waals surface area contributed by atoms with E-state index in [0.717, 1.165) is 18.8 Å². The molecule has 80 valence electrons. The van der Waals surface area contributed by atoms with Crippen LogP contribution in [0.15, 0.2) is 0 Å². The molecule has 0 amide bonds. The van der Waals surface area contributed by atoms with Crippen LogP contribution >= 0.6 is 0 Å². The van der Waals surface area contributed by atoms with Gasteiger partial charge in [0.2, 0.25) is 6.86 Å². The Hall–Kier alpha value is -0.600. The number of alkyl halides is 1. The molecule has 2 rings (SSSR count). The first-order valence-electron chi connectivity index (χ1n) is 5.37. The van der Waals surface area contributed by atoms with Crippen molar-refractivity contribution in [1.82, 2.24) is 0 Å². The lowest BCUT2D eigenvalue weighted by Crippen LogP contribution is -2.30. The van der Waals surface area contributed by atoms with E-state index in [4.69, 9.17) is 0 Å². The molecule has 2 bridgehead atoms. The van der Waals surface area contributed by atoms with Crippen LogP contribution in [0.5, 0.6) is 0 Å². The van der Waals surface area contributed by atoms with Gasteiger partial charge in [-0.2, -0.15) is 0 Å². The normalized spacial score (nSPS) is 45.5. The van der Waals surface area contributed by atoms with Crippen molar-refractivity contribution in [2.24, 2.45) is 29.6 Å². The number of carbonyl (C=O) groups excluding carboxylic acids is 1. The quantitative estimate of drug-likeness (QED) is 0.640. The van der Waals surface area contributed by atoms with E-state index < -0.39 is 6.86 Å². The van der Waals surface area contributed by atoms with Crippen LogP contribution in [0, 0.1) is 29.6 Å². The van der Waals surface area contributed by atoms with Gasteiger partial charge in [-0.15, -0.1) is 0 Å². The summed E-state index contributed by atoms with van der Waals surface area (Å²) in [5.74, 6) is 2.06.